The number of amides is 2. The summed E-state index contributed by atoms with van der Waals surface area (Å²) in [6.07, 6.45) is 0. The van der Waals surface area contributed by atoms with Crippen LogP contribution < -0.4 is 16.6 Å². The van der Waals surface area contributed by atoms with E-state index in [1.807, 2.05) is 30.3 Å². The molecule has 0 spiro atoms. The van der Waals surface area contributed by atoms with E-state index in [0.29, 0.717) is 5.69 Å². The van der Waals surface area contributed by atoms with Gasteiger partial charge >= 0.3 is 0 Å². The van der Waals surface area contributed by atoms with Gasteiger partial charge in [-0.25, -0.2) is 4.68 Å². The molecule has 0 aliphatic carbocycles. The van der Waals surface area contributed by atoms with Crippen molar-refractivity contribution in [2.24, 2.45) is 5.73 Å². The highest BCUT2D eigenvalue weighted by Gasteiger charge is 2.08. The average molecular weight is 286 g/mol. The van der Waals surface area contributed by atoms with E-state index in [4.69, 9.17) is 5.73 Å². The van der Waals surface area contributed by atoms with E-state index >= 15 is 0 Å². The van der Waals surface area contributed by atoms with Gasteiger partial charge in [-0.2, -0.15) is 5.10 Å². The van der Waals surface area contributed by atoms with Crippen LogP contribution in [0, 0.1) is 0 Å². The fraction of sp³-hybridized carbons (Fsp3) is 0.143. The Morgan fingerprint density at radius 2 is 1.86 bits per heavy atom. The highest BCUT2D eigenvalue weighted by molar-refractivity contribution is 5.83. The second-order valence-electron chi connectivity index (χ2n) is 4.32. The molecular weight excluding hydrogens is 272 g/mol. The number of primary amides is 1. The quantitative estimate of drug-likeness (QED) is 0.773. The SMILES string of the molecule is NC(=O)CNC(=O)Cn1nc(-c2ccccc2)ccc1=O. The van der Waals surface area contributed by atoms with Gasteiger partial charge in [0.15, 0.2) is 0 Å². The highest BCUT2D eigenvalue weighted by Crippen LogP contribution is 2.13. The minimum Gasteiger partial charge on any atom is -0.368 e. The molecule has 0 aliphatic heterocycles. The molecule has 2 aromatic rings. The molecule has 2 rings (SSSR count). The van der Waals surface area contributed by atoms with Gasteiger partial charge < -0.3 is 11.1 Å². The molecule has 1 aromatic heterocycles. The Morgan fingerprint density at radius 1 is 1.14 bits per heavy atom. The zero-order valence-corrected chi connectivity index (χ0v) is 11.2. The molecule has 2 amide bonds. The molecular formula is C14H14N4O3. The largest absolute Gasteiger partial charge is 0.368 e. The number of carbonyl (C=O) groups is 2. The number of nitrogens with two attached hydrogens (primary N) is 1. The zero-order chi connectivity index (χ0) is 15.2. The Kier molecular flexibility index (Phi) is 4.45. The smallest absolute Gasteiger partial charge is 0.267 e. The second-order valence-corrected chi connectivity index (χ2v) is 4.32. The Hall–Kier alpha value is -2.96. The Balaban J connectivity index is 2.18. The van der Waals surface area contributed by atoms with Crippen LogP contribution in [0.5, 0.6) is 0 Å². The van der Waals surface area contributed by atoms with Crippen molar-refractivity contribution >= 4 is 11.8 Å². The lowest BCUT2D eigenvalue weighted by atomic mass is 10.1. The third-order valence-corrected chi connectivity index (χ3v) is 2.69. The number of hydrogen-bond donors (Lipinski definition) is 2. The lowest BCUT2D eigenvalue weighted by molar-refractivity contribution is -0.125. The fourth-order valence-electron chi connectivity index (χ4n) is 1.70. The summed E-state index contributed by atoms with van der Waals surface area (Å²) in [5.74, 6) is -1.16. The molecule has 0 aliphatic rings. The van der Waals surface area contributed by atoms with E-state index in [-0.39, 0.29) is 13.1 Å². The number of hydrogen-bond acceptors (Lipinski definition) is 4. The average Bonchev–Trinajstić information content (AvgIpc) is 2.48. The molecule has 1 heterocycles. The first-order chi connectivity index (χ1) is 10.1. The van der Waals surface area contributed by atoms with Crippen LogP contribution in [0.2, 0.25) is 0 Å². The van der Waals surface area contributed by atoms with Crippen LogP contribution in [0.3, 0.4) is 0 Å². The topological polar surface area (TPSA) is 107 Å². The third kappa shape index (κ3) is 4.00. The van der Waals surface area contributed by atoms with Crippen LogP contribution in [0.4, 0.5) is 0 Å². The summed E-state index contributed by atoms with van der Waals surface area (Å²) < 4.78 is 1.04. The van der Waals surface area contributed by atoms with Crippen LogP contribution in [-0.2, 0) is 16.1 Å². The van der Waals surface area contributed by atoms with Gasteiger partial charge in [0.2, 0.25) is 11.8 Å². The summed E-state index contributed by atoms with van der Waals surface area (Å²) in [6, 6.07) is 12.2. The summed E-state index contributed by atoms with van der Waals surface area (Å²) in [5.41, 5.74) is 5.95. The molecule has 1 aromatic carbocycles. The monoisotopic (exact) mass is 286 g/mol. The number of aromatic nitrogens is 2. The standard InChI is InChI=1S/C14H14N4O3/c15-12(19)8-16-13(20)9-18-14(21)7-6-11(17-18)10-4-2-1-3-5-10/h1-7H,8-9H2,(H2,15,19)(H,16,20). The van der Waals surface area contributed by atoms with E-state index < -0.39 is 17.4 Å². The molecule has 0 saturated carbocycles. The summed E-state index contributed by atoms with van der Waals surface area (Å²) in [5, 5.41) is 6.44. The summed E-state index contributed by atoms with van der Waals surface area (Å²) >= 11 is 0. The van der Waals surface area contributed by atoms with Crippen molar-refractivity contribution in [2.45, 2.75) is 6.54 Å². The van der Waals surface area contributed by atoms with Crippen molar-refractivity contribution in [1.29, 1.82) is 0 Å². The van der Waals surface area contributed by atoms with Crippen molar-refractivity contribution in [3.05, 3.63) is 52.8 Å². The van der Waals surface area contributed by atoms with Gasteiger partial charge in [-0.05, 0) is 6.07 Å². The van der Waals surface area contributed by atoms with Crippen LogP contribution in [-0.4, -0.2) is 28.1 Å². The zero-order valence-electron chi connectivity index (χ0n) is 11.2. The van der Waals surface area contributed by atoms with E-state index in [9.17, 15) is 14.4 Å². The summed E-state index contributed by atoms with van der Waals surface area (Å²) in [7, 11) is 0. The molecule has 108 valence electrons. The maximum atomic E-state index is 11.7. The maximum absolute atomic E-state index is 11.7. The third-order valence-electron chi connectivity index (χ3n) is 2.69. The number of carbonyl (C=O) groups excluding carboxylic acids is 2. The Bertz CT molecular complexity index is 710. The molecule has 0 fully saturated rings. The van der Waals surface area contributed by atoms with Gasteiger partial charge in [0.1, 0.15) is 6.54 Å². The predicted molar refractivity (Wildman–Crippen MR) is 76.1 cm³/mol. The van der Waals surface area contributed by atoms with Gasteiger partial charge in [0, 0.05) is 11.6 Å². The number of nitrogens with one attached hydrogen (secondary N) is 1. The van der Waals surface area contributed by atoms with E-state index in [1.165, 1.54) is 6.07 Å². The van der Waals surface area contributed by atoms with Gasteiger partial charge in [-0.3, -0.25) is 14.4 Å². The molecule has 0 saturated heterocycles. The van der Waals surface area contributed by atoms with Gasteiger partial charge in [-0.15, -0.1) is 0 Å². The van der Waals surface area contributed by atoms with Gasteiger partial charge in [0.25, 0.3) is 5.56 Å². The molecule has 7 nitrogen and oxygen atoms in total. The Morgan fingerprint density at radius 3 is 2.52 bits per heavy atom. The lowest BCUT2D eigenvalue weighted by Crippen LogP contribution is -2.38. The van der Waals surface area contributed by atoms with E-state index in [2.05, 4.69) is 10.4 Å². The fourth-order valence-corrected chi connectivity index (χ4v) is 1.70. The van der Waals surface area contributed by atoms with Crippen molar-refractivity contribution < 1.29 is 9.59 Å². The van der Waals surface area contributed by atoms with Crippen molar-refractivity contribution in [2.75, 3.05) is 6.54 Å². The highest BCUT2D eigenvalue weighted by atomic mass is 16.2. The molecule has 0 radical (unpaired) electrons. The van der Waals surface area contributed by atoms with E-state index in [0.717, 1.165) is 10.2 Å². The molecule has 0 unspecified atom stereocenters. The van der Waals surface area contributed by atoms with Crippen LogP contribution in [0.25, 0.3) is 11.3 Å². The normalized spacial score (nSPS) is 10.1. The van der Waals surface area contributed by atoms with Crippen LogP contribution in [0.15, 0.2) is 47.3 Å². The lowest BCUT2D eigenvalue weighted by Gasteiger charge is -2.07. The first-order valence-electron chi connectivity index (χ1n) is 6.25. The summed E-state index contributed by atoms with van der Waals surface area (Å²) in [6.45, 7) is -0.543. The number of benzene rings is 1. The Labute approximate surface area is 120 Å². The van der Waals surface area contributed by atoms with Crippen LogP contribution in [0.1, 0.15) is 0 Å². The van der Waals surface area contributed by atoms with Crippen molar-refractivity contribution in [3.63, 3.8) is 0 Å². The maximum Gasteiger partial charge on any atom is 0.267 e. The predicted octanol–water partition coefficient (Wildman–Crippen LogP) is -0.488. The van der Waals surface area contributed by atoms with Crippen molar-refractivity contribution in [1.82, 2.24) is 15.1 Å². The van der Waals surface area contributed by atoms with E-state index in [1.54, 1.807) is 6.07 Å². The first-order valence-corrected chi connectivity index (χ1v) is 6.25. The summed E-state index contributed by atoms with van der Waals surface area (Å²) in [4.78, 5) is 33.9. The molecule has 21 heavy (non-hydrogen) atoms. The minimum absolute atomic E-state index is 0.271. The molecule has 7 heteroatoms. The van der Waals surface area contributed by atoms with Crippen LogP contribution >= 0.6 is 0 Å². The number of nitrogens with zero attached hydrogens (tertiary/aromatic N) is 2. The molecule has 3 N–H and O–H groups in total. The first kappa shape index (κ1) is 14.4. The van der Waals surface area contributed by atoms with Gasteiger partial charge in [0.05, 0.1) is 12.2 Å². The van der Waals surface area contributed by atoms with Gasteiger partial charge in [-0.1, -0.05) is 30.3 Å². The van der Waals surface area contributed by atoms with Crippen molar-refractivity contribution in [3.8, 4) is 11.3 Å². The molecule has 0 atom stereocenters. The second kappa shape index (κ2) is 6.47. The molecule has 0 bridgehead atoms. The number of rotatable bonds is 5. The minimum atomic E-state index is -0.651.